The molecule has 0 fully saturated rings. The molecule has 19 heavy (non-hydrogen) atoms. The lowest BCUT2D eigenvalue weighted by Crippen LogP contribution is -2.16. The molecule has 0 aliphatic rings. The Kier molecular flexibility index (Phi) is 4.86. The molecule has 2 aromatic carbocycles. The molecule has 0 spiro atoms. The van der Waals surface area contributed by atoms with Crippen LogP contribution >= 0.6 is 15.9 Å². The maximum Gasteiger partial charge on any atom is 0.0576 e. The average molecular weight is 319 g/mol. The smallest absolute Gasteiger partial charge is 0.0576 e. The molecule has 0 aliphatic heterocycles. The van der Waals surface area contributed by atoms with Crippen LogP contribution in [0.5, 0.6) is 0 Å². The van der Waals surface area contributed by atoms with Crippen molar-refractivity contribution in [1.29, 1.82) is 0 Å². The highest BCUT2D eigenvalue weighted by molar-refractivity contribution is 9.10. The van der Waals surface area contributed by atoms with Crippen LogP contribution in [0.1, 0.15) is 18.9 Å². The van der Waals surface area contributed by atoms with E-state index in [1.807, 2.05) is 24.3 Å². The van der Waals surface area contributed by atoms with Crippen molar-refractivity contribution in [2.45, 2.75) is 25.8 Å². The number of benzene rings is 2. The number of anilines is 2. The summed E-state index contributed by atoms with van der Waals surface area (Å²) in [5.41, 5.74) is 9.14. The van der Waals surface area contributed by atoms with Crippen LogP contribution in [0.3, 0.4) is 0 Å². The van der Waals surface area contributed by atoms with Crippen LogP contribution in [0.2, 0.25) is 0 Å². The Morgan fingerprint density at radius 1 is 1.16 bits per heavy atom. The topological polar surface area (TPSA) is 38.0 Å². The molecule has 3 heteroatoms. The first-order valence-electron chi connectivity index (χ1n) is 6.50. The van der Waals surface area contributed by atoms with Crippen LogP contribution in [-0.2, 0) is 6.42 Å². The molecule has 1 atom stereocenters. The van der Waals surface area contributed by atoms with Gasteiger partial charge in [0.15, 0.2) is 0 Å². The van der Waals surface area contributed by atoms with Crippen molar-refractivity contribution in [3.8, 4) is 0 Å². The van der Waals surface area contributed by atoms with E-state index < -0.39 is 0 Å². The second-order valence-corrected chi connectivity index (χ2v) is 5.72. The van der Waals surface area contributed by atoms with Gasteiger partial charge in [-0.15, -0.1) is 0 Å². The van der Waals surface area contributed by atoms with Crippen LogP contribution in [0.25, 0.3) is 0 Å². The first-order valence-corrected chi connectivity index (χ1v) is 7.30. The van der Waals surface area contributed by atoms with Crippen LogP contribution in [0.15, 0.2) is 53.0 Å². The zero-order valence-electron chi connectivity index (χ0n) is 11.1. The van der Waals surface area contributed by atoms with Gasteiger partial charge in [-0.2, -0.15) is 0 Å². The SMILES string of the molecule is CC(CCc1ccccc1)Nc1ccc(Br)cc1N. The van der Waals surface area contributed by atoms with Crippen molar-refractivity contribution in [2.24, 2.45) is 0 Å². The van der Waals surface area contributed by atoms with Gasteiger partial charge >= 0.3 is 0 Å². The number of nitrogen functional groups attached to an aromatic ring is 1. The van der Waals surface area contributed by atoms with E-state index in [4.69, 9.17) is 5.73 Å². The van der Waals surface area contributed by atoms with E-state index in [1.165, 1.54) is 5.56 Å². The fourth-order valence-corrected chi connectivity index (χ4v) is 2.41. The molecule has 0 radical (unpaired) electrons. The van der Waals surface area contributed by atoms with Crippen LogP contribution < -0.4 is 11.1 Å². The molecule has 3 N–H and O–H groups in total. The molecule has 2 rings (SSSR count). The molecule has 1 unspecified atom stereocenters. The number of halogens is 1. The summed E-state index contributed by atoms with van der Waals surface area (Å²) in [4.78, 5) is 0. The van der Waals surface area contributed by atoms with Crippen molar-refractivity contribution < 1.29 is 0 Å². The Morgan fingerprint density at radius 3 is 2.58 bits per heavy atom. The molecule has 100 valence electrons. The Hall–Kier alpha value is -1.48. The monoisotopic (exact) mass is 318 g/mol. The quantitative estimate of drug-likeness (QED) is 0.798. The molecule has 2 aromatic rings. The minimum atomic E-state index is 0.392. The van der Waals surface area contributed by atoms with Crippen LogP contribution in [0, 0.1) is 0 Å². The first kappa shape index (κ1) is 13.9. The number of aryl methyl sites for hydroxylation is 1. The molecule has 0 heterocycles. The fraction of sp³-hybridized carbons (Fsp3) is 0.250. The molecule has 0 bridgehead atoms. The summed E-state index contributed by atoms with van der Waals surface area (Å²) in [6, 6.07) is 16.9. The van der Waals surface area contributed by atoms with Crippen molar-refractivity contribution >= 4 is 27.3 Å². The predicted octanol–water partition coefficient (Wildman–Crippen LogP) is 4.46. The summed E-state index contributed by atoms with van der Waals surface area (Å²) < 4.78 is 1.01. The van der Waals surface area contributed by atoms with Crippen LogP contribution in [0.4, 0.5) is 11.4 Å². The third-order valence-electron chi connectivity index (χ3n) is 3.12. The highest BCUT2D eigenvalue weighted by atomic mass is 79.9. The van der Waals surface area contributed by atoms with E-state index in [2.05, 4.69) is 52.4 Å². The number of nitrogens with two attached hydrogens (primary N) is 1. The van der Waals surface area contributed by atoms with Crippen molar-refractivity contribution in [3.05, 3.63) is 58.6 Å². The second kappa shape index (κ2) is 6.62. The van der Waals surface area contributed by atoms with Crippen molar-refractivity contribution in [2.75, 3.05) is 11.1 Å². The third-order valence-corrected chi connectivity index (χ3v) is 3.62. The fourth-order valence-electron chi connectivity index (χ4n) is 2.03. The van der Waals surface area contributed by atoms with Crippen LogP contribution in [-0.4, -0.2) is 6.04 Å². The summed E-state index contributed by atoms with van der Waals surface area (Å²) in [6.45, 7) is 2.18. The lowest BCUT2D eigenvalue weighted by molar-refractivity contribution is 0.706. The van der Waals surface area contributed by atoms with Gasteiger partial charge in [-0.1, -0.05) is 46.3 Å². The Bertz CT molecular complexity index is 526. The molecule has 0 amide bonds. The van der Waals surface area contributed by atoms with Crippen molar-refractivity contribution in [3.63, 3.8) is 0 Å². The van der Waals surface area contributed by atoms with E-state index in [0.29, 0.717) is 6.04 Å². The summed E-state index contributed by atoms with van der Waals surface area (Å²) in [5.74, 6) is 0. The zero-order valence-corrected chi connectivity index (χ0v) is 12.7. The number of hydrogen-bond donors (Lipinski definition) is 2. The summed E-state index contributed by atoms with van der Waals surface area (Å²) in [6.07, 6.45) is 2.16. The van der Waals surface area contributed by atoms with E-state index in [-0.39, 0.29) is 0 Å². The number of rotatable bonds is 5. The van der Waals surface area contributed by atoms with E-state index in [0.717, 1.165) is 28.7 Å². The van der Waals surface area contributed by atoms with Gasteiger partial charge in [0.1, 0.15) is 0 Å². The van der Waals surface area contributed by atoms with Crippen molar-refractivity contribution in [1.82, 2.24) is 0 Å². The van der Waals surface area contributed by atoms with E-state index in [9.17, 15) is 0 Å². The molecular formula is C16H19BrN2. The largest absolute Gasteiger partial charge is 0.397 e. The van der Waals surface area contributed by atoms with E-state index in [1.54, 1.807) is 0 Å². The summed E-state index contributed by atoms with van der Waals surface area (Å²) in [7, 11) is 0. The lowest BCUT2D eigenvalue weighted by Gasteiger charge is -2.17. The lowest BCUT2D eigenvalue weighted by atomic mass is 10.1. The molecule has 0 aliphatic carbocycles. The highest BCUT2D eigenvalue weighted by Crippen LogP contribution is 2.24. The Balaban J connectivity index is 1.89. The Labute approximate surface area is 123 Å². The normalized spacial score (nSPS) is 12.1. The molecule has 2 nitrogen and oxygen atoms in total. The van der Waals surface area contributed by atoms with Gasteiger partial charge in [0, 0.05) is 10.5 Å². The van der Waals surface area contributed by atoms with Gasteiger partial charge in [0.05, 0.1) is 11.4 Å². The average Bonchev–Trinajstić information content (AvgIpc) is 2.41. The maximum absolute atomic E-state index is 5.98. The second-order valence-electron chi connectivity index (χ2n) is 4.80. The van der Waals surface area contributed by atoms with Gasteiger partial charge in [-0.05, 0) is 43.5 Å². The van der Waals surface area contributed by atoms with Gasteiger partial charge in [0.2, 0.25) is 0 Å². The first-order chi connectivity index (χ1) is 9.15. The van der Waals surface area contributed by atoms with E-state index >= 15 is 0 Å². The van der Waals surface area contributed by atoms with Gasteiger partial charge in [0.25, 0.3) is 0 Å². The standard InChI is InChI=1S/C16H19BrN2/c1-12(7-8-13-5-3-2-4-6-13)19-16-10-9-14(17)11-15(16)18/h2-6,9-12,19H,7-8,18H2,1H3. The number of nitrogens with one attached hydrogen (secondary N) is 1. The van der Waals surface area contributed by atoms with Gasteiger partial charge < -0.3 is 11.1 Å². The summed E-state index contributed by atoms with van der Waals surface area (Å²) >= 11 is 3.42. The highest BCUT2D eigenvalue weighted by Gasteiger charge is 2.05. The minimum Gasteiger partial charge on any atom is -0.397 e. The molecule has 0 saturated heterocycles. The predicted molar refractivity (Wildman–Crippen MR) is 86.4 cm³/mol. The molecule has 0 saturated carbocycles. The molecular weight excluding hydrogens is 300 g/mol. The van der Waals surface area contributed by atoms with Gasteiger partial charge in [-0.25, -0.2) is 0 Å². The van der Waals surface area contributed by atoms with Gasteiger partial charge in [-0.3, -0.25) is 0 Å². The maximum atomic E-state index is 5.98. The molecule has 0 aromatic heterocycles. The third kappa shape index (κ3) is 4.28. The summed E-state index contributed by atoms with van der Waals surface area (Å²) in [5, 5.41) is 3.46. The Morgan fingerprint density at radius 2 is 1.89 bits per heavy atom. The number of hydrogen-bond acceptors (Lipinski definition) is 2. The zero-order chi connectivity index (χ0) is 13.7. The minimum absolute atomic E-state index is 0.392.